The zero-order chi connectivity index (χ0) is 29.5. The molecule has 0 amide bonds. The number of rotatable bonds is 11. The smallest absolute Gasteiger partial charge is 0.217 e. The van der Waals surface area contributed by atoms with E-state index in [0.29, 0.717) is 5.92 Å². The van der Waals surface area contributed by atoms with Gasteiger partial charge in [-0.25, -0.2) is 0 Å². The summed E-state index contributed by atoms with van der Waals surface area (Å²) in [6.07, 6.45) is 6.16. The van der Waals surface area contributed by atoms with E-state index in [9.17, 15) is 0 Å². The van der Waals surface area contributed by atoms with Gasteiger partial charge in [0, 0.05) is 18.6 Å². The van der Waals surface area contributed by atoms with E-state index in [1.807, 2.05) is 6.20 Å². The highest BCUT2D eigenvalue weighted by molar-refractivity contribution is 7.10. The molecule has 0 unspecified atom stereocenters. The van der Waals surface area contributed by atoms with E-state index >= 15 is 0 Å². The molecule has 0 spiro atoms. The second-order valence-electron chi connectivity index (χ2n) is 12.0. The molecule has 0 fully saturated rings. The van der Waals surface area contributed by atoms with Gasteiger partial charge in [0.25, 0.3) is 0 Å². The zero-order valence-electron chi connectivity index (χ0n) is 25.2. The van der Waals surface area contributed by atoms with Crippen molar-refractivity contribution in [1.29, 1.82) is 0 Å². The summed E-state index contributed by atoms with van der Waals surface area (Å²) in [5.41, 5.74) is 5.17. The van der Waals surface area contributed by atoms with Crippen molar-refractivity contribution in [3.8, 4) is 0 Å². The van der Waals surface area contributed by atoms with Crippen LogP contribution in [0.2, 0.25) is 0 Å². The fraction of sp³-hybridized carbons (Fsp3) is 0.154. The van der Waals surface area contributed by atoms with Gasteiger partial charge in [-0.05, 0) is 50.4 Å². The maximum Gasteiger partial charge on any atom is 0.217 e. The van der Waals surface area contributed by atoms with Crippen LogP contribution in [0.5, 0.6) is 0 Å². The lowest BCUT2D eigenvalue weighted by atomic mass is 9.58. The van der Waals surface area contributed by atoms with Gasteiger partial charge in [0.2, 0.25) is 7.28 Å². The average molecular weight is 575 g/mol. The van der Waals surface area contributed by atoms with E-state index in [-0.39, 0.29) is 5.82 Å². The highest BCUT2D eigenvalue weighted by Crippen LogP contribution is 2.23. The van der Waals surface area contributed by atoms with Crippen LogP contribution in [0.4, 0.5) is 0 Å². The lowest BCUT2D eigenvalue weighted by molar-refractivity contribution is 0.647. The third-order valence-electron chi connectivity index (χ3n) is 8.60. The van der Waals surface area contributed by atoms with E-state index in [1.165, 1.54) is 32.3 Å². The molecular weight excluding hydrogens is 535 g/mol. The molecule has 0 N–H and O–H groups in total. The first-order valence-electron chi connectivity index (χ1n) is 15.4. The molecule has 0 saturated carbocycles. The summed E-state index contributed by atoms with van der Waals surface area (Å²) in [4.78, 5) is 5.01. The van der Waals surface area contributed by atoms with E-state index in [2.05, 4.69) is 170 Å². The SMILES string of the molecule is CC(C)Cc1cccc([Si](Cn2ccnc2BC(c2ccccc2)c2ccccc2)(c2ccccc2)c2ccccc2)c1. The van der Waals surface area contributed by atoms with Gasteiger partial charge in [-0.3, -0.25) is 4.98 Å². The van der Waals surface area contributed by atoms with Crippen LogP contribution in [0.25, 0.3) is 0 Å². The van der Waals surface area contributed by atoms with Crippen LogP contribution < -0.4 is 21.3 Å². The average Bonchev–Trinajstić information content (AvgIpc) is 3.50. The number of benzene rings is 5. The van der Waals surface area contributed by atoms with Gasteiger partial charge in [-0.2, -0.15) is 0 Å². The molecule has 4 heteroatoms. The molecule has 0 aliphatic rings. The third kappa shape index (κ3) is 6.35. The summed E-state index contributed by atoms with van der Waals surface area (Å²) in [5.74, 6) is 0.829. The van der Waals surface area contributed by atoms with Gasteiger partial charge in [-0.1, -0.05) is 159 Å². The largest absolute Gasteiger partial charge is 0.345 e. The molecule has 0 atom stereocenters. The molecule has 0 saturated heterocycles. The maximum absolute atomic E-state index is 5.01. The Balaban J connectivity index is 1.49. The Labute approximate surface area is 258 Å². The number of imidazole rings is 1. The Hall–Kier alpha value is -4.41. The quantitative estimate of drug-likeness (QED) is 0.145. The number of hydrogen-bond donors (Lipinski definition) is 0. The van der Waals surface area contributed by atoms with E-state index in [1.54, 1.807) is 0 Å². The Kier molecular flexibility index (Phi) is 8.86. The van der Waals surface area contributed by atoms with Crippen LogP contribution in [0.15, 0.2) is 158 Å². The van der Waals surface area contributed by atoms with Crippen molar-refractivity contribution in [2.75, 3.05) is 0 Å². The van der Waals surface area contributed by atoms with Gasteiger partial charge >= 0.3 is 0 Å². The first-order chi connectivity index (χ1) is 21.1. The van der Waals surface area contributed by atoms with E-state index in [4.69, 9.17) is 4.98 Å². The minimum atomic E-state index is -2.53. The summed E-state index contributed by atoms with van der Waals surface area (Å²) in [6.45, 7) is 4.61. The molecule has 0 aliphatic carbocycles. The molecule has 5 aromatic carbocycles. The van der Waals surface area contributed by atoms with Crippen LogP contribution >= 0.6 is 0 Å². The second kappa shape index (κ2) is 13.3. The van der Waals surface area contributed by atoms with E-state index in [0.717, 1.165) is 25.6 Å². The number of hydrogen-bond acceptors (Lipinski definition) is 1. The molecule has 0 radical (unpaired) electrons. The summed E-state index contributed by atoms with van der Waals surface area (Å²) in [6, 6.07) is 53.7. The fourth-order valence-electron chi connectivity index (χ4n) is 6.57. The Morgan fingerprint density at radius 1 is 0.628 bits per heavy atom. The molecule has 1 heterocycles. The van der Waals surface area contributed by atoms with Gasteiger partial charge in [0.15, 0.2) is 8.07 Å². The van der Waals surface area contributed by atoms with Crippen molar-refractivity contribution >= 4 is 36.6 Å². The molecule has 0 bridgehead atoms. The highest BCUT2D eigenvalue weighted by Gasteiger charge is 2.40. The van der Waals surface area contributed by atoms with E-state index < -0.39 is 8.07 Å². The Morgan fingerprint density at radius 3 is 1.67 bits per heavy atom. The highest BCUT2D eigenvalue weighted by atomic mass is 28.3. The molecule has 6 aromatic rings. The predicted molar refractivity (Wildman–Crippen MR) is 186 cm³/mol. The van der Waals surface area contributed by atoms with Crippen LogP contribution in [0, 0.1) is 5.92 Å². The van der Waals surface area contributed by atoms with Gasteiger partial charge < -0.3 is 4.57 Å². The molecule has 1 aromatic heterocycles. The zero-order valence-corrected chi connectivity index (χ0v) is 26.2. The minimum Gasteiger partial charge on any atom is -0.345 e. The Bertz CT molecular complexity index is 1640. The molecule has 212 valence electrons. The summed E-state index contributed by atoms with van der Waals surface area (Å²) < 4.78 is 2.46. The van der Waals surface area contributed by atoms with Gasteiger partial charge in [0.05, 0.1) is 5.72 Å². The second-order valence-corrected chi connectivity index (χ2v) is 15.8. The standard InChI is InChI=1S/C39H39BN2Si/c1-31(2)28-32-16-15-25-37(29-32)43(35-21-11-5-12-22-35,36-23-13-6-14-24-36)30-42-27-26-41-39(42)40-38(33-17-7-3-8-18-33)34-19-9-4-10-20-34/h3-27,29,31,38,40H,28,30H2,1-2H3. The van der Waals surface area contributed by atoms with Crippen molar-refractivity contribution in [1.82, 2.24) is 9.55 Å². The topological polar surface area (TPSA) is 17.8 Å². The van der Waals surface area contributed by atoms with Crippen LogP contribution in [0.3, 0.4) is 0 Å². The summed E-state index contributed by atoms with van der Waals surface area (Å²) in [5, 5.41) is 4.29. The monoisotopic (exact) mass is 574 g/mol. The van der Waals surface area contributed by atoms with Crippen molar-refractivity contribution < 1.29 is 0 Å². The van der Waals surface area contributed by atoms with Crippen molar-refractivity contribution in [2.24, 2.45) is 5.92 Å². The fourth-order valence-corrected chi connectivity index (χ4v) is 11.2. The number of nitrogens with zero attached hydrogens (tertiary/aromatic N) is 2. The molecular formula is C39H39BN2Si. The van der Waals surface area contributed by atoms with Crippen molar-refractivity contribution in [2.45, 2.75) is 32.3 Å². The third-order valence-corrected chi connectivity index (χ3v) is 13.3. The first-order valence-corrected chi connectivity index (χ1v) is 17.6. The van der Waals surface area contributed by atoms with Crippen molar-refractivity contribution in [3.05, 3.63) is 175 Å². The summed E-state index contributed by atoms with van der Waals surface area (Å²) >= 11 is 0. The van der Waals surface area contributed by atoms with Gasteiger partial charge in [-0.15, -0.1) is 0 Å². The van der Waals surface area contributed by atoms with Crippen molar-refractivity contribution in [3.63, 3.8) is 0 Å². The molecule has 6 rings (SSSR count). The maximum atomic E-state index is 5.01. The lowest BCUT2D eigenvalue weighted by Gasteiger charge is -2.35. The molecule has 0 aliphatic heterocycles. The normalized spacial score (nSPS) is 11.6. The Morgan fingerprint density at radius 2 is 1.14 bits per heavy atom. The van der Waals surface area contributed by atoms with Crippen LogP contribution in [-0.4, -0.2) is 24.9 Å². The summed E-state index contributed by atoms with van der Waals surface area (Å²) in [7, 11) is -1.69. The van der Waals surface area contributed by atoms with Crippen LogP contribution in [0.1, 0.15) is 36.4 Å². The first kappa shape index (κ1) is 28.7. The minimum absolute atomic E-state index is 0.224. The van der Waals surface area contributed by atoms with Crippen LogP contribution in [-0.2, 0) is 12.6 Å². The molecule has 2 nitrogen and oxygen atoms in total. The molecule has 43 heavy (non-hydrogen) atoms. The lowest BCUT2D eigenvalue weighted by Crippen LogP contribution is -2.70. The number of aromatic nitrogens is 2. The predicted octanol–water partition coefficient (Wildman–Crippen LogP) is 5.64. The van der Waals surface area contributed by atoms with Gasteiger partial charge in [0.1, 0.15) is 0 Å².